The normalized spacial score (nSPS) is 14.5. The van der Waals surface area contributed by atoms with Gasteiger partial charge in [-0.3, -0.25) is 9.69 Å². The van der Waals surface area contributed by atoms with Gasteiger partial charge in [0.1, 0.15) is 12.2 Å². The zero-order valence-electron chi connectivity index (χ0n) is 18.3. The second-order valence-corrected chi connectivity index (χ2v) is 7.65. The first-order valence-electron chi connectivity index (χ1n) is 10.8. The molecule has 1 amide bonds. The van der Waals surface area contributed by atoms with E-state index >= 15 is 0 Å². The predicted molar refractivity (Wildman–Crippen MR) is 117 cm³/mol. The van der Waals surface area contributed by atoms with Gasteiger partial charge >= 0.3 is 0 Å². The van der Waals surface area contributed by atoms with E-state index in [0.717, 1.165) is 37.8 Å². The minimum absolute atomic E-state index is 0.152. The summed E-state index contributed by atoms with van der Waals surface area (Å²) >= 11 is 0. The minimum atomic E-state index is -1.42. The quantitative estimate of drug-likeness (QED) is 0.207. The molecule has 6 N–H and O–H groups in total. The summed E-state index contributed by atoms with van der Waals surface area (Å²) in [5.74, 6) is -0.159. The molecule has 1 rings (SSSR count). The molecule has 0 unspecified atom stereocenters. The van der Waals surface area contributed by atoms with Gasteiger partial charge in [-0.15, -0.1) is 0 Å². The maximum Gasteiger partial charge on any atom is 0.251 e. The number of aliphatic hydroxyl groups excluding tert-OH is 4. The number of carbonyl (C=O) groups is 1. The van der Waals surface area contributed by atoms with Gasteiger partial charge in [-0.25, -0.2) is 0 Å². The molecule has 0 spiro atoms. The van der Waals surface area contributed by atoms with Crippen LogP contribution >= 0.6 is 0 Å². The number of nitrogens with one attached hydrogen (secondary N) is 2. The Morgan fingerprint density at radius 2 is 1.73 bits per heavy atom. The molecule has 0 aliphatic carbocycles. The fourth-order valence-corrected chi connectivity index (χ4v) is 3.20. The summed E-state index contributed by atoms with van der Waals surface area (Å²) in [5, 5.41) is 44.6. The first-order valence-corrected chi connectivity index (χ1v) is 10.8. The summed E-state index contributed by atoms with van der Waals surface area (Å²) in [6.07, 6.45) is 0.270. The van der Waals surface area contributed by atoms with Crippen molar-refractivity contribution >= 4 is 5.91 Å². The highest BCUT2D eigenvalue weighted by atomic mass is 16.4. The molecule has 1 aromatic rings. The third kappa shape index (κ3) is 9.97. The van der Waals surface area contributed by atoms with Crippen LogP contribution in [0.15, 0.2) is 24.3 Å². The van der Waals surface area contributed by atoms with Crippen molar-refractivity contribution in [1.29, 1.82) is 0 Å². The lowest BCUT2D eigenvalue weighted by Gasteiger charge is -2.29. The first kappa shape index (κ1) is 26.5. The Bertz CT molecular complexity index is 585. The molecule has 8 nitrogen and oxygen atoms in total. The van der Waals surface area contributed by atoms with Gasteiger partial charge in [-0.2, -0.15) is 0 Å². The third-order valence-corrected chi connectivity index (χ3v) is 5.06. The summed E-state index contributed by atoms with van der Waals surface area (Å²) in [4.78, 5) is 14.3. The molecule has 0 aromatic heterocycles. The number of hydrogen-bond donors (Lipinski definition) is 6. The van der Waals surface area contributed by atoms with Crippen molar-refractivity contribution in [2.24, 2.45) is 0 Å². The van der Waals surface area contributed by atoms with Gasteiger partial charge in [0.25, 0.3) is 5.91 Å². The van der Waals surface area contributed by atoms with Gasteiger partial charge in [0.15, 0.2) is 0 Å². The molecule has 0 aliphatic heterocycles. The zero-order chi connectivity index (χ0) is 22.4. The Kier molecular flexibility index (Phi) is 13.5. The van der Waals surface area contributed by atoms with Crippen LogP contribution in [0.4, 0.5) is 0 Å². The Labute approximate surface area is 179 Å². The van der Waals surface area contributed by atoms with Crippen molar-refractivity contribution in [3.05, 3.63) is 35.4 Å². The van der Waals surface area contributed by atoms with Crippen LogP contribution in [0, 0.1) is 0 Å². The highest BCUT2D eigenvalue weighted by molar-refractivity contribution is 5.94. The van der Waals surface area contributed by atoms with E-state index in [1.165, 1.54) is 0 Å². The summed E-state index contributed by atoms with van der Waals surface area (Å²) in [6.45, 7) is 4.04. The molecule has 0 bridgehead atoms. The van der Waals surface area contributed by atoms with Crippen LogP contribution in [0.2, 0.25) is 0 Å². The largest absolute Gasteiger partial charge is 0.394 e. The van der Waals surface area contributed by atoms with Crippen molar-refractivity contribution < 1.29 is 25.2 Å². The van der Waals surface area contributed by atoms with Gasteiger partial charge in [-0.1, -0.05) is 38.3 Å². The maximum absolute atomic E-state index is 12.4. The summed E-state index contributed by atoms with van der Waals surface area (Å²) in [6, 6.07) is 7.41. The molecular formula is C22H39N3O5. The topological polar surface area (TPSA) is 125 Å². The average Bonchev–Trinajstić information content (AvgIpc) is 2.75. The predicted octanol–water partition coefficient (Wildman–Crippen LogP) is 0.0931. The number of benzene rings is 1. The highest BCUT2D eigenvalue weighted by Crippen LogP contribution is 2.07. The molecule has 1 aromatic carbocycles. The number of unbranched alkanes of at least 4 members (excludes halogenated alkanes) is 3. The fourth-order valence-electron chi connectivity index (χ4n) is 3.20. The number of amides is 1. The van der Waals surface area contributed by atoms with E-state index in [0.29, 0.717) is 25.2 Å². The Balaban J connectivity index is 2.55. The monoisotopic (exact) mass is 425 g/mol. The lowest BCUT2D eigenvalue weighted by atomic mass is 10.1. The zero-order valence-corrected chi connectivity index (χ0v) is 18.3. The van der Waals surface area contributed by atoms with E-state index in [1.54, 1.807) is 12.1 Å². The Morgan fingerprint density at radius 3 is 2.33 bits per heavy atom. The number of hydrogen-bond acceptors (Lipinski definition) is 7. The van der Waals surface area contributed by atoms with E-state index in [2.05, 4.69) is 17.6 Å². The van der Waals surface area contributed by atoms with Crippen molar-refractivity contribution in [3.63, 3.8) is 0 Å². The minimum Gasteiger partial charge on any atom is -0.394 e. The molecule has 30 heavy (non-hydrogen) atoms. The van der Waals surface area contributed by atoms with E-state index in [1.807, 2.05) is 24.1 Å². The summed E-state index contributed by atoms with van der Waals surface area (Å²) in [7, 11) is 1.87. The van der Waals surface area contributed by atoms with Crippen molar-refractivity contribution in [3.8, 4) is 0 Å². The number of carbonyl (C=O) groups excluding carboxylic acids is 1. The number of rotatable bonds is 16. The van der Waals surface area contributed by atoms with Gasteiger partial charge in [0.05, 0.1) is 12.7 Å². The van der Waals surface area contributed by atoms with Gasteiger partial charge < -0.3 is 31.1 Å². The lowest BCUT2D eigenvalue weighted by Crippen LogP contribution is -2.47. The lowest BCUT2D eigenvalue weighted by molar-refractivity contribution is -0.0840. The SMILES string of the molecule is CCCCCCN(CCNC(=O)c1ccc(CNC)cc1)C[C@H](O)[C@@H](O)[C@H](O)CO. The highest BCUT2D eigenvalue weighted by Gasteiger charge is 2.25. The third-order valence-electron chi connectivity index (χ3n) is 5.06. The summed E-state index contributed by atoms with van der Waals surface area (Å²) < 4.78 is 0. The molecular weight excluding hydrogens is 386 g/mol. The number of nitrogens with zero attached hydrogens (tertiary/aromatic N) is 1. The first-order chi connectivity index (χ1) is 14.4. The summed E-state index contributed by atoms with van der Waals surface area (Å²) in [5.41, 5.74) is 1.69. The average molecular weight is 426 g/mol. The van der Waals surface area contributed by atoms with Crippen LogP contribution in [0.5, 0.6) is 0 Å². The van der Waals surface area contributed by atoms with Crippen molar-refractivity contribution in [2.75, 3.05) is 39.8 Å². The molecule has 172 valence electrons. The van der Waals surface area contributed by atoms with Gasteiger partial charge in [0, 0.05) is 31.7 Å². The van der Waals surface area contributed by atoms with Gasteiger partial charge in [-0.05, 0) is 37.7 Å². The number of aliphatic hydroxyl groups is 4. The Morgan fingerprint density at radius 1 is 1.03 bits per heavy atom. The smallest absolute Gasteiger partial charge is 0.251 e. The van der Waals surface area contributed by atoms with E-state index < -0.39 is 24.9 Å². The van der Waals surface area contributed by atoms with Crippen LogP contribution in [0.3, 0.4) is 0 Å². The molecule has 0 heterocycles. The van der Waals surface area contributed by atoms with Crippen LogP contribution in [-0.4, -0.2) is 89.4 Å². The van der Waals surface area contributed by atoms with Crippen LogP contribution in [-0.2, 0) is 6.54 Å². The van der Waals surface area contributed by atoms with E-state index in [-0.39, 0.29) is 12.5 Å². The fraction of sp³-hybridized carbons (Fsp3) is 0.682. The Hall–Kier alpha value is -1.55. The molecule has 0 aliphatic rings. The maximum atomic E-state index is 12.4. The molecule has 0 radical (unpaired) electrons. The van der Waals surface area contributed by atoms with E-state index in [4.69, 9.17) is 5.11 Å². The van der Waals surface area contributed by atoms with Crippen molar-refractivity contribution in [2.45, 2.75) is 57.5 Å². The molecule has 8 heteroatoms. The molecule has 0 saturated carbocycles. The second kappa shape index (κ2) is 15.3. The second-order valence-electron chi connectivity index (χ2n) is 7.65. The molecule has 0 saturated heterocycles. The standard InChI is InChI=1S/C22H39N3O5/c1-3-4-5-6-12-25(15-19(27)21(29)20(28)16-26)13-11-24-22(30)18-9-7-17(8-10-18)14-23-2/h7-10,19-21,23,26-29H,3-6,11-16H2,1-2H3,(H,24,30)/t19-,20+,21+/m0/s1. The van der Waals surface area contributed by atoms with Crippen LogP contribution in [0.1, 0.15) is 48.5 Å². The molecule has 3 atom stereocenters. The van der Waals surface area contributed by atoms with Crippen LogP contribution < -0.4 is 10.6 Å². The van der Waals surface area contributed by atoms with E-state index in [9.17, 15) is 20.1 Å². The van der Waals surface area contributed by atoms with Crippen molar-refractivity contribution in [1.82, 2.24) is 15.5 Å². The van der Waals surface area contributed by atoms with Crippen LogP contribution in [0.25, 0.3) is 0 Å². The van der Waals surface area contributed by atoms with Gasteiger partial charge in [0.2, 0.25) is 0 Å². The molecule has 0 fully saturated rings.